The molecule has 1 atom stereocenters. The molecule has 0 amide bonds. The number of hydrogen-bond acceptors (Lipinski definition) is 6. The van der Waals surface area contributed by atoms with Crippen LogP contribution in [0.3, 0.4) is 0 Å². The lowest BCUT2D eigenvalue weighted by molar-refractivity contribution is 0.0540. The summed E-state index contributed by atoms with van der Waals surface area (Å²) in [5.74, 6) is 1.60. The van der Waals surface area contributed by atoms with E-state index in [9.17, 15) is 0 Å². The van der Waals surface area contributed by atoms with E-state index in [4.69, 9.17) is 19.9 Å². The maximum absolute atomic E-state index is 6.60. The van der Waals surface area contributed by atoms with Crippen LogP contribution < -0.4 is 20.1 Å². The number of anilines is 1. The third-order valence-electron chi connectivity index (χ3n) is 10.2. The molecule has 1 fully saturated rings. The lowest BCUT2D eigenvalue weighted by atomic mass is 10.0. The van der Waals surface area contributed by atoms with Crippen molar-refractivity contribution in [1.29, 1.82) is 0 Å². The zero-order valence-corrected chi connectivity index (χ0v) is 31.5. The zero-order chi connectivity index (χ0) is 36.5. The smallest absolute Gasteiger partial charge is 0.128 e. The Hall–Kier alpha value is -4.62. The Morgan fingerprint density at radius 1 is 0.679 bits per heavy atom. The molecule has 1 saturated heterocycles. The topological polar surface area (TPSA) is 60.2 Å². The molecule has 0 bridgehead atoms. The van der Waals surface area contributed by atoms with Crippen molar-refractivity contribution in [2.24, 2.45) is 5.73 Å². The fraction of sp³-hybridized carbons (Fsp3) is 0.362. The number of nitrogens with zero attached hydrogens (tertiary/aromatic N) is 2. The highest BCUT2D eigenvalue weighted by Crippen LogP contribution is 2.33. The normalized spacial score (nSPS) is 13.4. The lowest BCUT2D eigenvalue weighted by Gasteiger charge is -2.26. The molecule has 6 rings (SSSR count). The quantitative estimate of drug-likeness (QED) is 0.0765. The molecule has 5 aromatic rings. The Balaban J connectivity index is 1.14. The molecule has 1 aliphatic heterocycles. The molecule has 0 aromatic heterocycles. The molecule has 6 nitrogen and oxygen atoms in total. The Morgan fingerprint density at radius 2 is 1.30 bits per heavy atom. The van der Waals surface area contributed by atoms with Gasteiger partial charge in [-0.2, -0.15) is 0 Å². The highest BCUT2D eigenvalue weighted by molar-refractivity contribution is 5.49. The SMILES string of the molecule is CCOC(CCCCCN(Cc1ccccc1)Cc1c(CN)cc(OCc2ccccc2)cc1OCc1ccccc1)c1ccc(N2CCCC2)cc1. The summed E-state index contributed by atoms with van der Waals surface area (Å²) in [5, 5.41) is 0. The predicted molar refractivity (Wildman–Crippen MR) is 217 cm³/mol. The first-order valence-electron chi connectivity index (χ1n) is 19.6. The molecule has 6 heteroatoms. The maximum atomic E-state index is 6.60. The van der Waals surface area contributed by atoms with E-state index >= 15 is 0 Å². The van der Waals surface area contributed by atoms with Crippen LogP contribution in [0.1, 0.15) is 84.9 Å². The van der Waals surface area contributed by atoms with E-state index in [-0.39, 0.29) is 6.10 Å². The summed E-state index contributed by atoms with van der Waals surface area (Å²) in [6.07, 6.45) is 7.08. The van der Waals surface area contributed by atoms with Crippen molar-refractivity contribution in [3.05, 3.63) is 161 Å². The van der Waals surface area contributed by atoms with Crippen molar-refractivity contribution >= 4 is 5.69 Å². The van der Waals surface area contributed by atoms with Crippen molar-refractivity contribution in [1.82, 2.24) is 4.90 Å². The molecule has 0 saturated carbocycles. The Labute approximate surface area is 317 Å². The van der Waals surface area contributed by atoms with Crippen LogP contribution in [0.15, 0.2) is 127 Å². The number of hydrogen-bond donors (Lipinski definition) is 1. The van der Waals surface area contributed by atoms with E-state index in [1.807, 2.05) is 42.5 Å². The average Bonchev–Trinajstić information content (AvgIpc) is 3.76. The van der Waals surface area contributed by atoms with Crippen molar-refractivity contribution in [2.75, 3.05) is 31.1 Å². The van der Waals surface area contributed by atoms with Crippen LogP contribution in [0.5, 0.6) is 11.5 Å². The largest absolute Gasteiger partial charge is 0.489 e. The van der Waals surface area contributed by atoms with Gasteiger partial charge in [0, 0.05) is 56.6 Å². The highest BCUT2D eigenvalue weighted by atomic mass is 16.5. The monoisotopic (exact) mass is 711 g/mol. The molecule has 1 unspecified atom stereocenters. The minimum Gasteiger partial charge on any atom is -0.489 e. The molecular weight excluding hydrogens is 655 g/mol. The fourth-order valence-corrected chi connectivity index (χ4v) is 7.27. The molecule has 0 aliphatic carbocycles. The van der Waals surface area contributed by atoms with Gasteiger partial charge in [-0.05, 0) is 85.2 Å². The second kappa shape index (κ2) is 20.6. The number of rotatable bonds is 21. The van der Waals surface area contributed by atoms with Gasteiger partial charge in [-0.1, -0.05) is 116 Å². The van der Waals surface area contributed by atoms with Gasteiger partial charge in [0.1, 0.15) is 24.7 Å². The maximum Gasteiger partial charge on any atom is 0.128 e. The first-order valence-corrected chi connectivity index (χ1v) is 19.6. The van der Waals surface area contributed by atoms with Crippen LogP contribution in [-0.4, -0.2) is 31.1 Å². The summed E-state index contributed by atoms with van der Waals surface area (Å²) in [6.45, 7) is 9.05. The second-order valence-electron chi connectivity index (χ2n) is 14.1. The van der Waals surface area contributed by atoms with Gasteiger partial charge in [0.15, 0.2) is 0 Å². The number of unbranched alkanes of at least 4 members (excludes halogenated alkanes) is 2. The summed E-state index contributed by atoms with van der Waals surface area (Å²) in [4.78, 5) is 5.03. The Morgan fingerprint density at radius 3 is 1.92 bits per heavy atom. The van der Waals surface area contributed by atoms with Gasteiger partial charge < -0.3 is 24.8 Å². The molecule has 1 aliphatic rings. The van der Waals surface area contributed by atoms with Gasteiger partial charge in [-0.3, -0.25) is 4.90 Å². The number of benzene rings is 5. The predicted octanol–water partition coefficient (Wildman–Crippen LogP) is 10.2. The lowest BCUT2D eigenvalue weighted by Crippen LogP contribution is -2.25. The third kappa shape index (κ3) is 11.7. The minimum atomic E-state index is 0.132. The molecule has 5 aromatic carbocycles. The summed E-state index contributed by atoms with van der Waals surface area (Å²) >= 11 is 0. The summed E-state index contributed by atoms with van der Waals surface area (Å²) in [5.41, 5.74) is 14.8. The van der Waals surface area contributed by atoms with Gasteiger partial charge in [-0.25, -0.2) is 0 Å². The van der Waals surface area contributed by atoms with Gasteiger partial charge in [-0.15, -0.1) is 0 Å². The van der Waals surface area contributed by atoms with Crippen molar-refractivity contribution < 1.29 is 14.2 Å². The minimum absolute atomic E-state index is 0.132. The van der Waals surface area contributed by atoms with Crippen molar-refractivity contribution in [3.63, 3.8) is 0 Å². The molecule has 278 valence electrons. The van der Waals surface area contributed by atoms with E-state index in [2.05, 4.69) is 102 Å². The highest BCUT2D eigenvalue weighted by Gasteiger charge is 2.19. The van der Waals surface area contributed by atoms with Gasteiger partial charge in [0.2, 0.25) is 0 Å². The third-order valence-corrected chi connectivity index (χ3v) is 10.2. The molecule has 0 radical (unpaired) electrons. The van der Waals surface area contributed by atoms with E-state index < -0.39 is 0 Å². The van der Waals surface area contributed by atoms with Gasteiger partial charge in [0.05, 0.1) is 6.10 Å². The first-order chi connectivity index (χ1) is 26.2. The molecular formula is C47H57N3O3. The zero-order valence-electron chi connectivity index (χ0n) is 31.5. The van der Waals surface area contributed by atoms with E-state index in [1.165, 1.54) is 42.7 Å². The Kier molecular flexibility index (Phi) is 14.8. The number of ether oxygens (including phenoxy) is 3. The van der Waals surface area contributed by atoms with Gasteiger partial charge in [0.25, 0.3) is 0 Å². The first kappa shape index (κ1) is 38.1. The number of nitrogens with two attached hydrogens (primary N) is 1. The van der Waals surface area contributed by atoms with Crippen LogP contribution in [0.4, 0.5) is 5.69 Å². The summed E-state index contributed by atoms with van der Waals surface area (Å²) < 4.78 is 19.2. The molecule has 2 N–H and O–H groups in total. The standard InChI is InChI=1S/C47H57N3O3/c1-2-51-46(41-24-26-43(27-25-41)50-29-15-16-30-50)23-13-6-14-28-49(34-38-17-7-3-8-18-38)35-45-42(33-48)31-44(52-36-39-19-9-4-10-20-39)32-47(45)53-37-40-21-11-5-12-22-40/h3-5,7-12,17-22,24-27,31-32,46H,2,6,13-16,23,28-30,33-37,48H2,1H3. The Bertz CT molecular complexity index is 1760. The van der Waals surface area contributed by atoms with Crippen LogP contribution in [0.2, 0.25) is 0 Å². The van der Waals surface area contributed by atoms with E-state index in [0.29, 0.717) is 19.8 Å². The molecule has 53 heavy (non-hydrogen) atoms. The second-order valence-corrected chi connectivity index (χ2v) is 14.1. The van der Waals surface area contributed by atoms with E-state index in [1.54, 1.807) is 0 Å². The molecule has 1 heterocycles. The van der Waals surface area contributed by atoms with Crippen LogP contribution >= 0.6 is 0 Å². The van der Waals surface area contributed by atoms with E-state index in [0.717, 1.165) is 85.7 Å². The van der Waals surface area contributed by atoms with Crippen molar-refractivity contribution in [2.45, 2.75) is 84.4 Å². The van der Waals surface area contributed by atoms with Crippen LogP contribution in [0, 0.1) is 0 Å². The average molecular weight is 712 g/mol. The summed E-state index contributed by atoms with van der Waals surface area (Å²) in [7, 11) is 0. The van der Waals surface area contributed by atoms with Crippen LogP contribution in [0.25, 0.3) is 0 Å². The summed E-state index contributed by atoms with van der Waals surface area (Å²) in [6, 6.07) is 44.6. The molecule has 0 spiro atoms. The van der Waals surface area contributed by atoms with Crippen LogP contribution in [-0.2, 0) is 37.6 Å². The fourth-order valence-electron chi connectivity index (χ4n) is 7.27. The van der Waals surface area contributed by atoms with Gasteiger partial charge >= 0.3 is 0 Å². The van der Waals surface area contributed by atoms with Crippen molar-refractivity contribution in [3.8, 4) is 11.5 Å².